The first kappa shape index (κ1) is 16.1. The molecule has 1 N–H and O–H groups in total. The molecule has 0 bridgehead atoms. The average Bonchev–Trinajstić information content (AvgIpc) is 2.84. The van der Waals surface area contributed by atoms with Gasteiger partial charge in [0.15, 0.2) is 5.70 Å². The fraction of sp³-hybridized carbons (Fsp3) is 0.312. The van der Waals surface area contributed by atoms with Gasteiger partial charge < -0.3 is 5.11 Å². The van der Waals surface area contributed by atoms with Gasteiger partial charge in [-0.15, -0.1) is 11.8 Å². The van der Waals surface area contributed by atoms with E-state index in [-0.39, 0.29) is 28.5 Å². The average molecular weight is 349 g/mol. The number of benzene rings is 1. The topological polar surface area (TPSA) is 74.7 Å². The van der Waals surface area contributed by atoms with Crippen LogP contribution in [-0.2, 0) is 20.8 Å². The second-order valence-electron chi connectivity index (χ2n) is 5.29. The number of aliphatic carboxylic acids is 1. The van der Waals surface area contributed by atoms with E-state index in [0.717, 1.165) is 5.56 Å². The van der Waals surface area contributed by atoms with E-state index >= 15 is 0 Å². The number of fused-ring (bicyclic) bond motifs is 1. The number of thioether (sulfide) groups is 2. The molecule has 2 aliphatic heterocycles. The van der Waals surface area contributed by atoms with E-state index in [2.05, 4.69) is 0 Å². The standard InChI is InChI=1S/C16H15NO4S2/c18-11(7-6-10-4-2-1-3-5-10)9-22-16-14(15(20)21)17-12(19)8-13(17)23-16/h1-5,13H,6-9H2,(H,20,21)/t13-/m0/s1. The number of Topliss-reactive ketones (excluding diaryl/α,β-unsaturated/α-hetero) is 1. The number of amides is 1. The Morgan fingerprint density at radius 2 is 2.04 bits per heavy atom. The van der Waals surface area contributed by atoms with E-state index < -0.39 is 5.97 Å². The lowest BCUT2D eigenvalue weighted by Gasteiger charge is -2.33. The molecule has 1 saturated heterocycles. The maximum absolute atomic E-state index is 12.0. The summed E-state index contributed by atoms with van der Waals surface area (Å²) in [5.74, 6) is -0.948. The Bertz CT molecular complexity index is 687. The largest absolute Gasteiger partial charge is 0.477 e. The molecular weight excluding hydrogens is 334 g/mol. The predicted octanol–water partition coefficient (Wildman–Crippen LogP) is 2.48. The number of β-lactam (4-membered cyclic amide) rings is 1. The van der Waals surface area contributed by atoms with Gasteiger partial charge in [0.25, 0.3) is 0 Å². The number of carboxylic acids is 1. The Morgan fingerprint density at radius 3 is 2.70 bits per heavy atom. The van der Waals surface area contributed by atoms with E-state index in [4.69, 9.17) is 0 Å². The molecule has 2 heterocycles. The molecule has 120 valence electrons. The van der Waals surface area contributed by atoms with Crippen LogP contribution in [0, 0.1) is 0 Å². The third-order valence-electron chi connectivity index (χ3n) is 3.69. The molecule has 0 unspecified atom stereocenters. The Kier molecular flexibility index (Phi) is 4.77. The van der Waals surface area contributed by atoms with Crippen LogP contribution in [0.1, 0.15) is 18.4 Å². The normalized spacial score (nSPS) is 19.6. The van der Waals surface area contributed by atoms with Crippen LogP contribution < -0.4 is 0 Å². The van der Waals surface area contributed by atoms with Gasteiger partial charge >= 0.3 is 5.97 Å². The summed E-state index contributed by atoms with van der Waals surface area (Å²) in [4.78, 5) is 36.2. The molecule has 2 aliphatic rings. The van der Waals surface area contributed by atoms with E-state index in [9.17, 15) is 19.5 Å². The quantitative estimate of drug-likeness (QED) is 0.762. The molecule has 5 nitrogen and oxygen atoms in total. The minimum absolute atomic E-state index is 0.0390. The number of rotatable bonds is 7. The highest BCUT2D eigenvalue weighted by Gasteiger charge is 2.48. The molecule has 23 heavy (non-hydrogen) atoms. The molecule has 3 rings (SSSR count). The second-order valence-corrected chi connectivity index (χ2v) is 7.73. The zero-order valence-electron chi connectivity index (χ0n) is 12.2. The van der Waals surface area contributed by atoms with Gasteiger partial charge in [0.1, 0.15) is 5.78 Å². The molecule has 1 fully saturated rings. The van der Waals surface area contributed by atoms with E-state index in [0.29, 0.717) is 23.5 Å². The summed E-state index contributed by atoms with van der Waals surface area (Å²) in [5, 5.41) is 9.18. The summed E-state index contributed by atoms with van der Waals surface area (Å²) >= 11 is 2.60. The number of nitrogens with zero attached hydrogens (tertiary/aromatic N) is 1. The molecule has 1 atom stereocenters. The summed E-state index contributed by atoms with van der Waals surface area (Å²) in [6.07, 6.45) is 1.49. The van der Waals surface area contributed by atoms with Crippen molar-refractivity contribution in [2.75, 3.05) is 5.75 Å². The summed E-state index contributed by atoms with van der Waals surface area (Å²) < 4.78 is 0.571. The summed E-state index contributed by atoms with van der Waals surface area (Å²) in [5.41, 5.74) is 1.15. The van der Waals surface area contributed by atoms with Gasteiger partial charge in [-0.1, -0.05) is 42.1 Å². The van der Waals surface area contributed by atoms with E-state index in [1.54, 1.807) is 0 Å². The van der Waals surface area contributed by atoms with Crippen molar-refractivity contribution in [1.82, 2.24) is 4.90 Å². The second kappa shape index (κ2) is 6.80. The molecule has 0 saturated carbocycles. The van der Waals surface area contributed by atoms with E-state index in [1.807, 2.05) is 30.3 Å². The molecule has 7 heteroatoms. The molecule has 0 spiro atoms. The van der Waals surface area contributed by atoms with Crippen molar-refractivity contribution in [3.05, 3.63) is 45.8 Å². The third-order valence-corrected chi connectivity index (χ3v) is 6.31. The van der Waals surface area contributed by atoms with Crippen LogP contribution in [-0.4, -0.2) is 38.8 Å². The van der Waals surface area contributed by atoms with E-state index in [1.165, 1.54) is 28.4 Å². The van der Waals surface area contributed by atoms with Crippen molar-refractivity contribution in [1.29, 1.82) is 0 Å². The third kappa shape index (κ3) is 3.45. The van der Waals surface area contributed by atoms with Crippen LogP contribution in [0.15, 0.2) is 40.3 Å². The van der Waals surface area contributed by atoms with Crippen LogP contribution in [0.5, 0.6) is 0 Å². The van der Waals surface area contributed by atoms with Crippen LogP contribution in [0.25, 0.3) is 0 Å². The summed E-state index contributed by atoms with van der Waals surface area (Å²) in [6, 6.07) is 9.77. The Hall–Kier alpha value is -1.73. The molecular formula is C16H15NO4S2. The first-order valence-electron chi connectivity index (χ1n) is 7.21. The zero-order chi connectivity index (χ0) is 16.4. The highest BCUT2D eigenvalue weighted by atomic mass is 32.2. The predicted molar refractivity (Wildman–Crippen MR) is 89.7 cm³/mol. The van der Waals surface area contributed by atoms with Crippen LogP contribution in [0.4, 0.5) is 0 Å². The highest BCUT2D eigenvalue weighted by Crippen LogP contribution is 2.50. The van der Waals surface area contributed by atoms with Crippen molar-refractivity contribution in [3.8, 4) is 0 Å². The lowest BCUT2D eigenvalue weighted by atomic mass is 10.1. The first-order chi connectivity index (χ1) is 11.1. The van der Waals surface area contributed by atoms with Gasteiger partial charge in [0, 0.05) is 6.42 Å². The monoisotopic (exact) mass is 349 g/mol. The molecule has 1 amide bonds. The molecule has 1 aromatic rings. The summed E-state index contributed by atoms with van der Waals surface area (Å²) in [6.45, 7) is 0. The van der Waals surface area contributed by atoms with Crippen molar-refractivity contribution in [2.24, 2.45) is 0 Å². The van der Waals surface area contributed by atoms with Gasteiger partial charge in [0.05, 0.1) is 21.8 Å². The number of carbonyl (C=O) groups is 3. The van der Waals surface area contributed by atoms with Crippen LogP contribution in [0.2, 0.25) is 0 Å². The molecule has 0 aromatic heterocycles. The van der Waals surface area contributed by atoms with Crippen LogP contribution in [0.3, 0.4) is 0 Å². The van der Waals surface area contributed by atoms with Crippen molar-refractivity contribution >= 4 is 41.2 Å². The zero-order valence-corrected chi connectivity index (χ0v) is 13.9. The maximum Gasteiger partial charge on any atom is 0.354 e. The Labute approximate surface area is 142 Å². The van der Waals surface area contributed by atoms with Gasteiger partial charge in [-0.25, -0.2) is 4.79 Å². The van der Waals surface area contributed by atoms with Crippen molar-refractivity contribution in [3.63, 3.8) is 0 Å². The minimum Gasteiger partial charge on any atom is -0.477 e. The Morgan fingerprint density at radius 1 is 1.30 bits per heavy atom. The fourth-order valence-electron chi connectivity index (χ4n) is 2.47. The molecule has 1 aromatic carbocycles. The van der Waals surface area contributed by atoms with Gasteiger partial charge in [-0.05, 0) is 12.0 Å². The van der Waals surface area contributed by atoms with Crippen molar-refractivity contribution in [2.45, 2.75) is 24.6 Å². The number of carbonyl (C=O) groups excluding carboxylic acids is 2. The lowest BCUT2D eigenvalue weighted by molar-refractivity contribution is -0.145. The number of carboxylic acid groups (broad SMARTS) is 1. The number of hydrogen-bond acceptors (Lipinski definition) is 5. The number of ketones is 1. The molecule has 0 radical (unpaired) electrons. The Balaban J connectivity index is 1.55. The summed E-state index contributed by atoms with van der Waals surface area (Å²) in [7, 11) is 0. The minimum atomic E-state index is -1.10. The molecule has 0 aliphatic carbocycles. The van der Waals surface area contributed by atoms with Gasteiger partial charge in [-0.3, -0.25) is 14.5 Å². The fourth-order valence-corrected chi connectivity index (χ4v) is 5.11. The maximum atomic E-state index is 12.0. The van der Waals surface area contributed by atoms with Crippen LogP contribution >= 0.6 is 23.5 Å². The lowest BCUT2D eigenvalue weighted by Crippen LogP contribution is -2.48. The SMILES string of the molecule is O=C(CCc1ccccc1)CSC1=C(C(=O)O)N2C(=O)C[C@@H]2S1. The highest BCUT2D eigenvalue weighted by molar-refractivity contribution is 8.23. The first-order valence-corrected chi connectivity index (χ1v) is 9.07. The van der Waals surface area contributed by atoms with Gasteiger partial charge in [-0.2, -0.15) is 0 Å². The smallest absolute Gasteiger partial charge is 0.354 e. The van der Waals surface area contributed by atoms with Gasteiger partial charge in [0.2, 0.25) is 5.91 Å². The number of aryl methyl sites for hydroxylation is 1. The van der Waals surface area contributed by atoms with Crippen molar-refractivity contribution < 1.29 is 19.5 Å². The number of hydrogen-bond donors (Lipinski definition) is 1.